The lowest BCUT2D eigenvalue weighted by Crippen LogP contribution is -2.22. The molecule has 2 aromatic heterocycles. The van der Waals surface area contributed by atoms with Crippen molar-refractivity contribution in [2.24, 2.45) is 0 Å². The first-order valence-electron chi connectivity index (χ1n) is 9.16. The fourth-order valence-corrected chi connectivity index (χ4v) is 3.69. The first kappa shape index (κ1) is 18.3. The van der Waals surface area contributed by atoms with Gasteiger partial charge in [-0.3, -0.25) is 4.79 Å². The summed E-state index contributed by atoms with van der Waals surface area (Å²) < 4.78 is 2.03. The van der Waals surface area contributed by atoms with Crippen LogP contribution in [0.5, 0.6) is 0 Å². The van der Waals surface area contributed by atoms with Crippen LogP contribution in [0, 0.1) is 6.92 Å². The van der Waals surface area contributed by atoms with Crippen LogP contribution in [-0.2, 0) is 12.3 Å². The molecular weight excluding hydrogens is 366 g/mol. The largest absolute Gasteiger partial charge is 0.348 e. The van der Waals surface area contributed by atoms with Gasteiger partial charge in [0.05, 0.1) is 5.69 Å². The van der Waals surface area contributed by atoms with E-state index < -0.39 is 0 Å². The second-order valence-electron chi connectivity index (χ2n) is 6.68. The van der Waals surface area contributed by atoms with E-state index in [2.05, 4.69) is 35.6 Å². The van der Waals surface area contributed by atoms with E-state index in [-0.39, 0.29) is 5.91 Å². The molecule has 0 aliphatic heterocycles. The minimum Gasteiger partial charge on any atom is -0.348 e. The van der Waals surface area contributed by atoms with Gasteiger partial charge in [0.1, 0.15) is 5.65 Å². The maximum atomic E-state index is 12.3. The van der Waals surface area contributed by atoms with Crippen LogP contribution in [0.2, 0.25) is 0 Å². The third kappa shape index (κ3) is 4.43. The molecule has 0 aliphatic rings. The Bertz CT molecular complexity index is 1050. The number of pyridine rings is 1. The topological polar surface area (TPSA) is 46.4 Å². The Morgan fingerprint density at radius 1 is 1.04 bits per heavy atom. The van der Waals surface area contributed by atoms with E-state index in [4.69, 9.17) is 0 Å². The smallest absolute Gasteiger partial charge is 0.251 e. The van der Waals surface area contributed by atoms with Crippen molar-refractivity contribution in [1.82, 2.24) is 14.7 Å². The summed E-state index contributed by atoms with van der Waals surface area (Å²) in [4.78, 5) is 18.1. The van der Waals surface area contributed by atoms with E-state index in [0.717, 1.165) is 27.6 Å². The highest BCUT2D eigenvalue weighted by Crippen LogP contribution is 2.23. The maximum Gasteiger partial charge on any atom is 0.251 e. The number of amides is 1. The molecule has 2 aromatic carbocycles. The van der Waals surface area contributed by atoms with Crippen LogP contribution in [0.3, 0.4) is 0 Å². The molecule has 0 unspecified atom stereocenters. The fourth-order valence-electron chi connectivity index (χ4n) is 2.91. The Labute approximate surface area is 168 Å². The molecule has 0 saturated heterocycles. The van der Waals surface area contributed by atoms with Crippen LogP contribution in [0.15, 0.2) is 84.0 Å². The van der Waals surface area contributed by atoms with Crippen LogP contribution in [0.1, 0.15) is 27.2 Å². The van der Waals surface area contributed by atoms with Gasteiger partial charge in [0.15, 0.2) is 0 Å². The number of rotatable bonds is 6. The van der Waals surface area contributed by atoms with Crippen LogP contribution in [0.25, 0.3) is 5.65 Å². The Morgan fingerprint density at radius 3 is 2.57 bits per heavy atom. The Hall–Kier alpha value is -3.05. The molecule has 0 bridgehead atoms. The molecule has 1 amide bonds. The number of nitrogens with zero attached hydrogens (tertiary/aromatic N) is 2. The summed E-state index contributed by atoms with van der Waals surface area (Å²) in [7, 11) is 0. The number of aryl methyl sites for hydroxylation is 1. The number of aromatic nitrogens is 2. The van der Waals surface area contributed by atoms with Crippen molar-refractivity contribution in [3.63, 3.8) is 0 Å². The molecule has 140 valence electrons. The lowest BCUT2D eigenvalue weighted by Gasteiger charge is -2.07. The summed E-state index contributed by atoms with van der Waals surface area (Å²) in [5.41, 5.74) is 4.98. The highest BCUT2D eigenvalue weighted by Gasteiger charge is 2.07. The summed E-state index contributed by atoms with van der Waals surface area (Å²) in [6.45, 7) is 2.58. The van der Waals surface area contributed by atoms with Gasteiger partial charge in [-0.25, -0.2) is 4.98 Å². The minimum atomic E-state index is -0.0579. The van der Waals surface area contributed by atoms with E-state index in [1.807, 2.05) is 65.2 Å². The number of carbonyl (C=O) groups excluding carboxylic acids is 1. The highest BCUT2D eigenvalue weighted by atomic mass is 32.2. The molecule has 5 heteroatoms. The van der Waals surface area contributed by atoms with Crippen molar-refractivity contribution < 1.29 is 4.79 Å². The lowest BCUT2D eigenvalue weighted by atomic mass is 10.1. The number of benzene rings is 2. The highest BCUT2D eigenvalue weighted by molar-refractivity contribution is 7.98. The number of carbonyl (C=O) groups is 1. The van der Waals surface area contributed by atoms with Gasteiger partial charge in [-0.05, 0) is 48.9 Å². The standard InChI is InChI=1S/C23H21N3OS/c1-17-5-7-18(8-6-17)14-24-23(27)19-9-11-21(12-10-19)28-16-20-15-26-13-3-2-4-22(26)25-20/h2-13,15H,14,16H2,1H3,(H,24,27). The molecule has 0 saturated carbocycles. The summed E-state index contributed by atoms with van der Waals surface area (Å²) in [6.07, 6.45) is 4.05. The van der Waals surface area contributed by atoms with E-state index >= 15 is 0 Å². The van der Waals surface area contributed by atoms with E-state index in [1.54, 1.807) is 11.8 Å². The molecule has 0 aliphatic carbocycles. The van der Waals surface area contributed by atoms with Gasteiger partial charge in [0, 0.05) is 35.2 Å². The van der Waals surface area contributed by atoms with Crippen molar-refractivity contribution in [2.45, 2.75) is 24.1 Å². The van der Waals surface area contributed by atoms with Gasteiger partial charge in [-0.2, -0.15) is 0 Å². The number of hydrogen-bond donors (Lipinski definition) is 1. The average molecular weight is 388 g/mol. The Morgan fingerprint density at radius 2 is 1.82 bits per heavy atom. The van der Waals surface area contributed by atoms with Gasteiger partial charge < -0.3 is 9.72 Å². The summed E-state index contributed by atoms with van der Waals surface area (Å²) in [5.74, 6) is 0.734. The summed E-state index contributed by atoms with van der Waals surface area (Å²) in [6, 6.07) is 21.9. The predicted octanol–water partition coefficient (Wildman–Crippen LogP) is 4.87. The van der Waals surface area contributed by atoms with Crippen LogP contribution < -0.4 is 5.32 Å². The number of thioether (sulfide) groups is 1. The molecule has 0 fully saturated rings. The molecule has 28 heavy (non-hydrogen) atoms. The Kier molecular flexibility index (Phi) is 5.44. The van der Waals surface area contributed by atoms with Crippen molar-refractivity contribution >= 4 is 23.3 Å². The van der Waals surface area contributed by atoms with Crippen molar-refractivity contribution in [2.75, 3.05) is 0 Å². The molecule has 1 N–H and O–H groups in total. The SMILES string of the molecule is Cc1ccc(CNC(=O)c2ccc(SCc3cn4ccccc4n3)cc2)cc1. The quantitative estimate of drug-likeness (QED) is 0.480. The zero-order valence-electron chi connectivity index (χ0n) is 15.6. The van der Waals surface area contributed by atoms with Crippen molar-refractivity contribution in [3.05, 3.63) is 102 Å². The normalized spacial score (nSPS) is 10.9. The molecular formula is C23H21N3OS. The van der Waals surface area contributed by atoms with Crippen LogP contribution in [0.4, 0.5) is 0 Å². The molecule has 4 nitrogen and oxygen atoms in total. The van der Waals surface area contributed by atoms with Gasteiger partial charge >= 0.3 is 0 Å². The summed E-state index contributed by atoms with van der Waals surface area (Å²) >= 11 is 1.71. The molecule has 2 heterocycles. The van der Waals surface area contributed by atoms with Gasteiger partial charge in [-0.1, -0.05) is 35.9 Å². The molecule has 0 atom stereocenters. The number of nitrogens with one attached hydrogen (secondary N) is 1. The number of fused-ring (bicyclic) bond motifs is 1. The zero-order valence-corrected chi connectivity index (χ0v) is 16.4. The van der Waals surface area contributed by atoms with Crippen molar-refractivity contribution in [1.29, 1.82) is 0 Å². The predicted molar refractivity (Wildman–Crippen MR) is 114 cm³/mol. The number of imidazole rings is 1. The molecule has 0 spiro atoms. The lowest BCUT2D eigenvalue weighted by molar-refractivity contribution is 0.0951. The second kappa shape index (κ2) is 8.31. The third-order valence-electron chi connectivity index (χ3n) is 4.49. The third-order valence-corrected chi connectivity index (χ3v) is 5.54. The maximum absolute atomic E-state index is 12.3. The van der Waals surface area contributed by atoms with Gasteiger partial charge in [-0.15, -0.1) is 11.8 Å². The Balaban J connectivity index is 1.32. The number of hydrogen-bond acceptors (Lipinski definition) is 3. The van der Waals surface area contributed by atoms with Gasteiger partial charge in [0.2, 0.25) is 0 Å². The average Bonchev–Trinajstić information content (AvgIpc) is 3.15. The molecule has 4 rings (SSSR count). The molecule has 4 aromatic rings. The van der Waals surface area contributed by atoms with E-state index in [0.29, 0.717) is 12.1 Å². The monoisotopic (exact) mass is 387 g/mol. The van der Waals surface area contributed by atoms with Crippen LogP contribution in [-0.4, -0.2) is 15.3 Å². The summed E-state index contributed by atoms with van der Waals surface area (Å²) in [5, 5.41) is 2.97. The van der Waals surface area contributed by atoms with Gasteiger partial charge in [0.25, 0.3) is 5.91 Å². The first-order chi connectivity index (χ1) is 13.7. The first-order valence-corrected chi connectivity index (χ1v) is 10.2. The second-order valence-corrected chi connectivity index (χ2v) is 7.73. The fraction of sp³-hybridized carbons (Fsp3) is 0.130. The molecule has 0 radical (unpaired) electrons. The minimum absolute atomic E-state index is 0.0579. The van der Waals surface area contributed by atoms with E-state index in [1.165, 1.54) is 5.56 Å². The van der Waals surface area contributed by atoms with Crippen molar-refractivity contribution in [3.8, 4) is 0 Å². The van der Waals surface area contributed by atoms with Crippen LogP contribution >= 0.6 is 11.8 Å². The zero-order chi connectivity index (χ0) is 19.3. The van der Waals surface area contributed by atoms with E-state index in [9.17, 15) is 4.79 Å².